The number of carbonyl (C=O) groups is 3. The first-order valence-electron chi connectivity index (χ1n) is 10.2. The Kier molecular flexibility index (Phi) is 8.57. The second-order valence-electron chi connectivity index (χ2n) is 7.76. The van der Waals surface area contributed by atoms with Gasteiger partial charge in [-0.05, 0) is 78.2 Å². The molecule has 1 aliphatic heterocycles. The van der Waals surface area contributed by atoms with Gasteiger partial charge in [0.15, 0.2) is 0 Å². The number of hydrogen-bond acceptors (Lipinski definition) is 7. The third kappa shape index (κ3) is 7.81. The quantitative estimate of drug-likeness (QED) is 0.471. The number of likely N-dealkylation sites (tertiary alicyclic amines) is 1. The SMILES string of the molecule is CCOC(=O)c1ccnc(C(=O)NC(=O)OC(C)(C)CCCCCN2CCC2)c1. The van der Waals surface area contributed by atoms with Crippen molar-refractivity contribution in [2.45, 2.75) is 58.5 Å². The zero-order valence-corrected chi connectivity index (χ0v) is 17.5. The largest absolute Gasteiger partial charge is 0.462 e. The third-order valence-electron chi connectivity index (χ3n) is 4.79. The van der Waals surface area contributed by atoms with Crippen LogP contribution in [0, 0.1) is 0 Å². The molecule has 0 spiro atoms. The minimum Gasteiger partial charge on any atom is -0.462 e. The van der Waals surface area contributed by atoms with Gasteiger partial charge in [-0.15, -0.1) is 0 Å². The van der Waals surface area contributed by atoms with E-state index in [1.807, 2.05) is 13.8 Å². The summed E-state index contributed by atoms with van der Waals surface area (Å²) in [6.07, 6.45) is 5.67. The van der Waals surface area contributed by atoms with E-state index in [0.717, 1.165) is 25.8 Å². The highest BCUT2D eigenvalue weighted by Gasteiger charge is 2.24. The van der Waals surface area contributed by atoms with Gasteiger partial charge in [0.2, 0.25) is 0 Å². The molecule has 2 heterocycles. The van der Waals surface area contributed by atoms with E-state index in [0.29, 0.717) is 6.42 Å². The summed E-state index contributed by atoms with van der Waals surface area (Å²) in [5.41, 5.74) is -0.545. The number of pyridine rings is 1. The fourth-order valence-electron chi connectivity index (χ4n) is 3.05. The highest BCUT2D eigenvalue weighted by molar-refractivity contribution is 6.03. The summed E-state index contributed by atoms with van der Waals surface area (Å²) in [5.74, 6) is -1.28. The van der Waals surface area contributed by atoms with Crippen LogP contribution in [-0.4, -0.2) is 59.7 Å². The standard InChI is InChI=1S/C21H31N3O5/c1-4-28-19(26)16-9-11-22-17(15-16)18(25)23-20(27)29-21(2,3)10-6-5-7-12-24-13-8-14-24/h9,11,15H,4-8,10,12-14H2,1-3H3,(H,23,25,27). The Morgan fingerprint density at radius 3 is 2.62 bits per heavy atom. The molecule has 2 amide bonds. The first-order chi connectivity index (χ1) is 13.8. The Morgan fingerprint density at radius 1 is 1.21 bits per heavy atom. The second kappa shape index (κ2) is 10.9. The molecule has 2 rings (SSSR count). The number of nitrogens with one attached hydrogen (secondary N) is 1. The van der Waals surface area contributed by atoms with Crippen LogP contribution in [0.5, 0.6) is 0 Å². The number of carbonyl (C=O) groups excluding carboxylic acids is 3. The van der Waals surface area contributed by atoms with Crippen LogP contribution in [0.3, 0.4) is 0 Å². The maximum Gasteiger partial charge on any atom is 0.414 e. The summed E-state index contributed by atoms with van der Waals surface area (Å²) in [4.78, 5) is 42.4. The first kappa shape index (κ1) is 22.8. The molecule has 0 unspecified atom stereocenters. The van der Waals surface area contributed by atoms with Crippen molar-refractivity contribution in [1.82, 2.24) is 15.2 Å². The van der Waals surface area contributed by atoms with Crippen molar-refractivity contribution in [2.24, 2.45) is 0 Å². The summed E-state index contributed by atoms with van der Waals surface area (Å²) < 4.78 is 10.3. The zero-order chi connectivity index (χ0) is 21.3. The lowest BCUT2D eigenvalue weighted by molar-refractivity contribution is 0.0303. The van der Waals surface area contributed by atoms with Gasteiger partial charge in [0.1, 0.15) is 11.3 Å². The first-order valence-corrected chi connectivity index (χ1v) is 10.2. The van der Waals surface area contributed by atoms with Crippen LogP contribution in [0.25, 0.3) is 0 Å². The normalized spacial score (nSPS) is 14.0. The molecule has 1 fully saturated rings. The molecule has 1 aromatic heterocycles. The van der Waals surface area contributed by atoms with Gasteiger partial charge in [0, 0.05) is 6.20 Å². The van der Waals surface area contributed by atoms with Crippen LogP contribution >= 0.6 is 0 Å². The van der Waals surface area contributed by atoms with E-state index in [2.05, 4.69) is 15.2 Å². The van der Waals surface area contributed by atoms with E-state index in [1.165, 1.54) is 37.8 Å². The van der Waals surface area contributed by atoms with E-state index in [4.69, 9.17) is 9.47 Å². The number of nitrogens with zero attached hydrogens (tertiary/aromatic N) is 2. The number of hydrogen-bond donors (Lipinski definition) is 1. The van der Waals surface area contributed by atoms with E-state index < -0.39 is 23.6 Å². The maximum atomic E-state index is 12.2. The fraction of sp³-hybridized carbons (Fsp3) is 0.619. The number of alkyl carbamates (subject to hydrolysis) is 1. The van der Waals surface area contributed by atoms with Crippen LogP contribution < -0.4 is 5.32 Å². The predicted octanol–water partition coefficient (Wildman–Crippen LogP) is 3.17. The number of esters is 1. The molecule has 0 aliphatic carbocycles. The van der Waals surface area contributed by atoms with Gasteiger partial charge in [-0.3, -0.25) is 15.1 Å². The van der Waals surface area contributed by atoms with Crippen molar-refractivity contribution >= 4 is 18.0 Å². The van der Waals surface area contributed by atoms with Gasteiger partial charge in [-0.25, -0.2) is 9.59 Å². The highest BCUT2D eigenvalue weighted by Crippen LogP contribution is 2.19. The topological polar surface area (TPSA) is 97.8 Å². The molecule has 8 nitrogen and oxygen atoms in total. The molecule has 1 aromatic rings. The summed E-state index contributed by atoms with van der Waals surface area (Å²) in [7, 11) is 0. The molecule has 160 valence electrons. The van der Waals surface area contributed by atoms with Crippen molar-refractivity contribution in [3.8, 4) is 0 Å². The molecule has 0 bridgehead atoms. The number of aromatic nitrogens is 1. The van der Waals surface area contributed by atoms with Gasteiger partial charge in [-0.2, -0.15) is 0 Å². The molecule has 8 heteroatoms. The van der Waals surface area contributed by atoms with E-state index >= 15 is 0 Å². The molecular weight excluding hydrogens is 374 g/mol. The number of imide groups is 1. The summed E-state index contributed by atoms with van der Waals surface area (Å²) in [5, 5.41) is 2.16. The Labute approximate surface area is 172 Å². The zero-order valence-electron chi connectivity index (χ0n) is 17.5. The lowest BCUT2D eigenvalue weighted by atomic mass is 10.00. The average Bonchev–Trinajstić information content (AvgIpc) is 2.62. The lowest BCUT2D eigenvalue weighted by Gasteiger charge is -2.30. The third-order valence-corrected chi connectivity index (χ3v) is 4.79. The van der Waals surface area contributed by atoms with Gasteiger partial charge >= 0.3 is 12.1 Å². The van der Waals surface area contributed by atoms with Crippen LogP contribution in [0.4, 0.5) is 4.79 Å². The predicted molar refractivity (Wildman–Crippen MR) is 108 cm³/mol. The molecule has 29 heavy (non-hydrogen) atoms. The number of amides is 2. The molecular formula is C21H31N3O5. The molecule has 1 aliphatic rings. The van der Waals surface area contributed by atoms with Crippen LogP contribution in [0.2, 0.25) is 0 Å². The average molecular weight is 405 g/mol. The number of unbranched alkanes of at least 4 members (excludes halogenated alkanes) is 2. The summed E-state index contributed by atoms with van der Waals surface area (Å²) >= 11 is 0. The van der Waals surface area contributed by atoms with Crippen LogP contribution in [0.15, 0.2) is 18.3 Å². The smallest absolute Gasteiger partial charge is 0.414 e. The summed E-state index contributed by atoms with van der Waals surface area (Å²) in [6, 6.07) is 2.72. The minimum absolute atomic E-state index is 0.0590. The fourth-order valence-corrected chi connectivity index (χ4v) is 3.05. The Morgan fingerprint density at radius 2 is 1.97 bits per heavy atom. The van der Waals surface area contributed by atoms with Crippen molar-refractivity contribution < 1.29 is 23.9 Å². The molecule has 1 N–H and O–H groups in total. The molecule has 1 saturated heterocycles. The maximum absolute atomic E-state index is 12.2. The van der Waals surface area contributed by atoms with Crippen molar-refractivity contribution in [1.29, 1.82) is 0 Å². The van der Waals surface area contributed by atoms with Gasteiger partial charge in [-0.1, -0.05) is 6.42 Å². The van der Waals surface area contributed by atoms with E-state index in [9.17, 15) is 14.4 Å². The van der Waals surface area contributed by atoms with E-state index in [-0.39, 0.29) is 17.9 Å². The van der Waals surface area contributed by atoms with Crippen molar-refractivity contribution in [2.75, 3.05) is 26.2 Å². The van der Waals surface area contributed by atoms with Crippen LogP contribution in [0.1, 0.15) is 73.7 Å². The Bertz CT molecular complexity index is 716. The second-order valence-corrected chi connectivity index (χ2v) is 7.76. The van der Waals surface area contributed by atoms with Gasteiger partial charge < -0.3 is 14.4 Å². The Balaban J connectivity index is 1.75. The molecule has 0 radical (unpaired) electrons. The van der Waals surface area contributed by atoms with E-state index in [1.54, 1.807) is 6.92 Å². The lowest BCUT2D eigenvalue weighted by Crippen LogP contribution is -2.38. The van der Waals surface area contributed by atoms with Crippen molar-refractivity contribution in [3.63, 3.8) is 0 Å². The molecule has 0 atom stereocenters. The molecule has 0 aromatic carbocycles. The van der Waals surface area contributed by atoms with Crippen LogP contribution in [-0.2, 0) is 9.47 Å². The molecule has 0 saturated carbocycles. The number of ether oxygens (including phenoxy) is 2. The van der Waals surface area contributed by atoms with Gasteiger partial charge in [0.25, 0.3) is 5.91 Å². The monoisotopic (exact) mass is 405 g/mol. The number of rotatable bonds is 10. The van der Waals surface area contributed by atoms with Crippen molar-refractivity contribution in [3.05, 3.63) is 29.6 Å². The Hall–Kier alpha value is -2.48. The minimum atomic E-state index is -0.830. The summed E-state index contributed by atoms with van der Waals surface area (Å²) in [6.45, 7) is 9.12. The van der Waals surface area contributed by atoms with Gasteiger partial charge in [0.05, 0.1) is 12.2 Å². The highest BCUT2D eigenvalue weighted by atomic mass is 16.6.